The predicted molar refractivity (Wildman–Crippen MR) is 79.4 cm³/mol. The van der Waals surface area contributed by atoms with Crippen LogP contribution in [0.15, 0.2) is 35.5 Å². The Balaban J connectivity index is 2.74. The van der Waals surface area contributed by atoms with Crippen LogP contribution in [0.2, 0.25) is 0 Å². The highest BCUT2D eigenvalue weighted by Crippen LogP contribution is 2.24. The molecule has 1 amide bonds. The Morgan fingerprint density at radius 3 is 2.47 bits per heavy atom. The third kappa shape index (κ3) is 4.59. The van der Waals surface area contributed by atoms with Gasteiger partial charge in [-0.05, 0) is 11.5 Å². The first kappa shape index (κ1) is 15.6. The van der Waals surface area contributed by atoms with Crippen molar-refractivity contribution in [3.63, 3.8) is 0 Å². The summed E-state index contributed by atoms with van der Waals surface area (Å²) in [5.74, 6) is 0.224. The number of nitrogens with one attached hydrogen (secondary N) is 1. The van der Waals surface area contributed by atoms with Crippen LogP contribution in [0.25, 0.3) is 0 Å². The number of nitrogens with zero attached hydrogens (tertiary/aromatic N) is 1. The topological polar surface area (TPSA) is 61.7 Å². The fourth-order valence-electron chi connectivity index (χ4n) is 1.77. The van der Waals surface area contributed by atoms with Crippen molar-refractivity contribution >= 4 is 22.7 Å². The molecule has 104 valence electrons. The van der Waals surface area contributed by atoms with E-state index in [1.165, 1.54) is 11.8 Å². The average molecular weight is 280 g/mol. The van der Waals surface area contributed by atoms with Crippen LogP contribution in [0.5, 0.6) is 0 Å². The van der Waals surface area contributed by atoms with Gasteiger partial charge in [0.15, 0.2) is 0 Å². The molecule has 0 spiro atoms. The van der Waals surface area contributed by atoms with E-state index in [0.717, 1.165) is 5.56 Å². The molecule has 4 nitrogen and oxygen atoms in total. The molecule has 0 fully saturated rings. The maximum atomic E-state index is 11.8. The average Bonchev–Trinajstić information content (AvgIpc) is 2.43. The molecular weight excluding hydrogens is 260 g/mol. The molecule has 1 aromatic carbocycles. The quantitative estimate of drug-likeness (QED) is 0.377. The minimum atomic E-state index is -0.413. The summed E-state index contributed by atoms with van der Waals surface area (Å²) in [6.07, 6.45) is 0. The summed E-state index contributed by atoms with van der Waals surface area (Å²) in [6.45, 7) is 3.88. The first-order valence-electron chi connectivity index (χ1n) is 6.20. The molecule has 0 aromatic heterocycles. The van der Waals surface area contributed by atoms with Crippen LogP contribution in [0, 0.1) is 11.8 Å². The van der Waals surface area contributed by atoms with E-state index in [0.29, 0.717) is 10.8 Å². The number of amides is 1. The lowest BCUT2D eigenvalue weighted by molar-refractivity contribution is -0.123. The second kappa shape index (κ2) is 7.84. The molecule has 0 bridgehead atoms. The van der Waals surface area contributed by atoms with Crippen LogP contribution in [-0.4, -0.2) is 23.2 Å². The van der Waals surface area contributed by atoms with Crippen LogP contribution in [0.1, 0.15) is 19.4 Å². The SMILES string of the molecule is CNC(=O)C(/C(=N/O)SCc1ccccc1)C(C)C. The summed E-state index contributed by atoms with van der Waals surface area (Å²) in [4.78, 5) is 11.8. The number of carbonyl (C=O) groups is 1. The molecule has 2 N–H and O–H groups in total. The van der Waals surface area contributed by atoms with E-state index in [4.69, 9.17) is 5.21 Å². The highest BCUT2D eigenvalue weighted by Gasteiger charge is 2.28. The first-order valence-corrected chi connectivity index (χ1v) is 7.19. The van der Waals surface area contributed by atoms with E-state index in [1.54, 1.807) is 7.05 Å². The van der Waals surface area contributed by atoms with Crippen LogP contribution >= 0.6 is 11.8 Å². The number of hydrogen-bond donors (Lipinski definition) is 2. The largest absolute Gasteiger partial charge is 0.410 e. The molecule has 0 radical (unpaired) electrons. The molecule has 1 atom stereocenters. The van der Waals surface area contributed by atoms with Gasteiger partial charge in [-0.15, -0.1) is 11.8 Å². The molecule has 19 heavy (non-hydrogen) atoms. The summed E-state index contributed by atoms with van der Waals surface area (Å²) in [5.41, 5.74) is 1.13. The molecule has 0 saturated heterocycles. The summed E-state index contributed by atoms with van der Waals surface area (Å²) in [6, 6.07) is 9.89. The number of rotatable bonds is 5. The van der Waals surface area contributed by atoms with Crippen molar-refractivity contribution in [2.45, 2.75) is 19.6 Å². The van der Waals surface area contributed by atoms with Gasteiger partial charge >= 0.3 is 0 Å². The van der Waals surface area contributed by atoms with Crippen LogP contribution < -0.4 is 5.32 Å². The molecule has 0 saturated carbocycles. The summed E-state index contributed by atoms with van der Waals surface area (Å²) in [5, 5.41) is 15.5. The second-order valence-electron chi connectivity index (χ2n) is 4.55. The molecule has 1 rings (SSSR count). The lowest BCUT2D eigenvalue weighted by Crippen LogP contribution is -2.35. The fourth-order valence-corrected chi connectivity index (χ4v) is 2.89. The van der Waals surface area contributed by atoms with Crippen molar-refractivity contribution in [1.29, 1.82) is 0 Å². The van der Waals surface area contributed by atoms with E-state index in [2.05, 4.69) is 10.5 Å². The van der Waals surface area contributed by atoms with Crippen LogP contribution in [-0.2, 0) is 10.5 Å². The Labute approximate surface area is 118 Å². The molecule has 1 unspecified atom stereocenters. The van der Waals surface area contributed by atoms with Gasteiger partial charge in [0.1, 0.15) is 5.04 Å². The smallest absolute Gasteiger partial charge is 0.229 e. The maximum absolute atomic E-state index is 11.8. The second-order valence-corrected chi connectivity index (χ2v) is 5.54. The van der Waals surface area contributed by atoms with Gasteiger partial charge in [-0.25, -0.2) is 0 Å². The van der Waals surface area contributed by atoms with Gasteiger partial charge in [-0.1, -0.05) is 49.3 Å². The summed E-state index contributed by atoms with van der Waals surface area (Å²) >= 11 is 1.39. The monoisotopic (exact) mass is 280 g/mol. The Kier molecular flexibility index (Phi) is 6.42. The minimum absolute atomic E-state index is 0.0779. The van der Waals surface area contributed by atoms with Gasteiger partial charge in [-0.2, -0.15) is 0 Å². The summed E-state index contributed by atoms with van der Waals surface area (Å²) < 4.78 is 0. The molecule has 0 aliphatic carbocycles. The van der Waals surface area contributed by atoms with E-state index < -0.39 is 5.92 Å². The van der Waals surface area contributed by atoms with Crippen molar-refractivity contribution in [2.24, 2.45) is 17.0 Å². The highest BCUT2D eigenvalue weighted by atomic mass is 32.2. The number of carbonyl (C=O) groups excluding carboxylic acids is 1. The van der Waals surface area contributed by atoms with Crippen LogP contribution in [0.4, 0.5) is 0 Å². The van der Waals surface area contributed by atoms with Crippen molar-refractivity contribution in [1.82, 2.24) is 5.32 Å². The Bertz CT molecular complexity index is 432. The van der Waals surface area contributed by atoms with E-state index in [-0.39, 0.29) is 11.8 Å². The zero-order valence-corrected chi connectivity index (χ0v) is 12.3. The van der Waals surface area contributed by atoms with Crippen molar-refractivity contribution in [3.05, 3.63) is 35.9 Å². The number of hydrogen-bond acceptors (Lipinski definition) is 4. The fraction of sp³-hybridized carbons (Fsp3) is 0.429. The zero-order chi connectivity index (χ0) is 14.3. The van der Waals surface area contributed by atoms with Gasteiger partial charge in [0, 0.05) is 12.8 Å². The van der Waals surface area contributed by atoms with Gasteiger partial charge < -0.3 is 10.5 Å². The van der Waals surface area contributed by atoms with E-state index >= 15 is 0 Å². The predicted octanol–water partition coefficient (Wildman–Crippen LogP) is 2.73. The molecule has 5 heteroatoms. The first-order chi connectivity index (χ1) is 9.10. The van der Waals surface area contributed by atoms with E-state index in [9.17, 15) is 4.79 Å². The number of benzene rings is 1. The zero-order valence-electron chi connectivity index (χ0n) is 11.5. The third-order valence-corrected chi connectivity index (χ3v) is 3.90. The lowest BCUT2D eigenvalue weighted by atomic mass is 9.96. The Hall–Kier alpha value is -1.49. The third-order valence-electron chi connectivity index (χ3n) is 2.79. The highest BCUT2D eigenvalue weighted by molar-refractivity contribution is 8.13. The molecule has 0 aliphatic rings. The standard InChI is InChI=1S/C14H20N2O2S/c1-10(2)12(13(17)15-3)14(16-18)19-9-11-7-5-4-6-8-11/h4-8,10,12,18H,9H2,1-3H3,(H,15,17)/b16-14-. The summed E-state index contributed by atoms with van der Waals surface area (Å²) in [7, 11) is 1.59. The minimum Gasteiger partial charge on any atom is -0.410 e. The molecule has 1 aromatic rings. The molecule has 0 heterocycles. The maximum Gasteiger partial charge on any atom is 0.229 e. The van der Waals surface area contributed by atoms with Gasteiger partial charge in [0.05, 0.1) is 5.92 Å². The van der Waals surface area contributed by atoms with Crippen molar-refractivity contribution < 1.29 is 10.0 Å². The number of oxime groups is 1. The Morgan fingerprint density at radius 1 is 1.37 bits per heavy atom. The van der Waals surface area contributed by atoms with Crippen molar-refractivity contribution in [3.8, 4) is 0 Å². The van der Waals surface area contributed by atoms with E-state index in [1.807, 2.05) is 44.2 Å². The number of thioether (sulfide) groups is 1. The molecular formula is C14H20N2O2S. The molecule has 0 aliphatic heterocycles. The normalized spacial score (nSPS) is 13.4. The lowest BCUT2D eigenvalue weighted by Gasteiger charge is -2.19. The van der Waals surface area contributed by atoms with Crippen molar-refractivity contribution in [2.75, 3.05) is 7.05 Å². The van der Waals surface area contributed by atoms with Gasteiger partial charge in [-0.3, -0.25) is 4.79 Å². The Morgan fingerprint density at radius 2 is 2.00 bits per heavy atom. The van der Waals surface area contributed by atoms with Gasteiger partial charge in [0.25, 0.3) is 0 Å². The van der Waals surface area contributed by atoms with Gasteiger partial charge in [0.2, 0.25) is 5.91 Å². The van der Waals surface area contributed by atoms with Crippen LogP contribution in [0.3, 0.4) is 0 Å².